The molecule has 0 aliphatic carbocycles. The van der Waals surface area contributed by atoms with Crippen LogP contribution in [0.1, 0.15) is 18.9 Å². The number of nitrogens with zero attached hydrogens (tertiary/aromatic N) is 2. The maximum atomic E-state index is 13.5. The number of nitrogens with one attached hydrogen (secondary N) is 1. The Morgan fingerprint density at radius 1 is 1.09 bits per heavy atom. The Labute approximate surface area is 214 Å². The lowest BCUT2D eigenvalue weighted by Crippen LogP contribution is -2.51. The first-order valence-corrected chi connectivity index (χ1v) is 13.2. The molecule has 0 aliphatic rings. The number of hydrogen-bond donors (Lipinski definition) is 1. The second-order valence-corrected chi connectivity index (χ2v) is 10.6. The highest BCUT2D eigenvalue weighted by Gasteiger charge is 2.32. The van der Waals surface area contributed by atoms with E-state index in [2.05, 4.69) is 5.32 Å². The van der Waals surface area contributed by atoms with Crippen molar-refractivity contribution in [2.24, 2.45) is 0 Å². The van der Waals surface area contributed by atoms with E-state index in [1.807, 2.05) is 0 Å². The molecule has 0 aliphatic heterocycles. The smallest absolute Gasteiger partial charge is 0.244 e. The van der Waals surface area contributed by atoms with Gasteiger partial charge in [-0.15, -0.1) is 0 Å². The molecule has 34 heavy (non-hydrogen) atoms. The molecule has 0 radical (unpaired) electrons. The van der Waals surface area contributed by atoms with Crippen molar-refractivity contribution >= 4 is 62.3 Å². The summed E-state index contributed by atoms with van der Waals surface area (Å²) >= 11 is 18.2. The number of carbonyl (C=O) groups excluding carboxylic acids is 2. The number of benzene rings is 2. The van der Waals surface area contributed by atoms with Crippen LogP contribution in [0.15, 0.2) is 36.4 Å². The van der Waals surface area contributed by atoms with Gasteiger partial charge in [-0.25, -0.2) is 8.42 Å². The number of rotatable bonds is 10. The van der Waals surface area contributed by atoms with Gasteiger partial charge in [0.05, 0.1) is 29.1 Å². The predicted octanol–water partition coefficient (Wildman–Crippen LogP) is 3.97. The molecule has 0 saturated heterocycles. The van der Waals surface area contributed by atoms with E-state index in [9.17, 15) is 18.0 Å². The largest absolute Gasteiger partial charge is 0.495 e. The summed E-state index contributed by atoms with van der Waals surface area (Å²) < 4.78 is 31.6. The van der Waals surface area contributed by atoms with Crippen LogP contribution in [0.3, 0.4) is 0 Å². The van der Waals surface area contributed by atoms with E-state index in [1.54, 1.807) is 31.2 Å². The fourth-order valence-corrected chi connectivity index (χ4v) is 4.71. The van der Waals surface area contributed by atoms with Crippen LogP contribution in [0.5, 0.6) is 5.75 Å². The van der Waals surface area contributed by atoms with E-state index in [4.69, 9.17) is 39.5 Å². The third-order valence-electron chi connectivity index (χ3n) is 5.06. The number of amides is 2. The molecule has 186 valence electrons. The van der Waals surface area contributed by atoms with Crippen LogP contribution in [0.25, 0.3) is 0 Å². The zero-order chi connectivity index (χ0) is 25.6. The third kappa shape index (κ3) is 6.91. The second kappa shape index (κ2) is 12.0. The Hall–Kier alpha value is -2.20. The van der Waals surface area contributed by atoms with E-state index in [1.165, 1.54) is 31.2 Å². The van der Waals surface area contributed by atoms with E-state index in [0.717, 1.165) is 10.6 Å². The average molecular weight is 551 g/mol. The molecule has 2 aromatic carbocycles. The zero-order valence-electron chi connectivity index (χ0n) is 19.1. The molecule has 0 heterocycles. The van der Waals surface area contributed by atoms with Gasteiger partial charge in [-0.05, 0) is 42.3 Å². The highest BCUT2D eigenvalue weighted by atomic mass is 35.5. The van der Waals surface area contributed by atoms with Crippen LogP contribution in [0, 0.1) is 0 Å². The van der Waals surface area contributed by atoms with E-state index in [-0.39, 0.29) is 28.9 Å². The zero-order valence-corrected chi connectivity index (χ0v) is 22.2. The van der Waals surface area contributed by atoms with E-state index < -0.39 is 28.5 Å². The number of ether oxygens (including phenoxy) is 1. The lowest BCUT2D eigenvalue weighted by atomic mass is 10.1. The lowest BCUT2D eigenvalue weighted by molar-refractivity contribution is -0.140. The van der Waals surface area contributed by atoms with Gasteiger partial charge in [-0.2, -0.15) is 0 Å². The molecular weight excluding hydrogens is 525 g/mol. The fourth-order valence-electron chi connectivity index (χ4n) is 3.37. The highest BCUT2D eigenvalue weighted by molar-refractivity contribution is 7.92. The van der Waals surface area contributed by atoms with Crippen molar-refractivity contribution in [1.29, 1.82) is 0 Å². The molecule has 12 heteroatoms. The molecular formula is C22H26Cl3N3O5S. The van der Waals surface area contributed by atoms with Crippen molar-refractivity contribution in [3.8, 4) is 5.75 Å². The minimum Gasteiger partial charge on any atom is -0.495 e. The first kappa shape index (κ1) is 28.0. The molecule has 0 bridgehead atoms. The molecule has 8 nitrogen and oxygen atoms in total. The minimum atomic E-state index is -3.93. The van der Waals surface area contributed by atoms with E-state index >= 15 is 0 Å². The van der Waals surface area contributed by atoms with Crippen LogP contribution in [0.4, 0.5) is 5.69 Å². The van der Waals surface area contributed by atoms with Crippen molar-refractivity contribution in [3.05, 3.63) is 57.0 Å². The van der Waals surface area contributed by atoms with Gasteiger partial charge in [0.25, 0.3) is 0 Å². The topological polar surface area (TPSA) is 96.0 Å². The summed E-state index contributed by atoms with van der Waals surface area (Å²) in [6.07, 6.45) is 1.27. The van der Waals surface area contributed by atoms with Gasteiger partial charge < -0.3 is 15.0 Å². The van der Waals surface area contributed by atoms with E-state index in [0.29, 0.717) is 22.0 Å². The van der Waals surface area contributed by atoms with Crippen molar-refractivity contribution in [1.82, 2.24) is 10.2 Å². The Morgan fingerprint density at radius 2 is 1.76 bits per heavy atom. The summed E-state index contributed by atoms with van der Waals surface area (Å²) in [4.78, 5) is 27.4. The van der Waals surface area contributed by atoms with Crippen LogP contribution >= 0.6 is 34.8 Å². The number of hydrogen-bond acceptors (Lipinski definition) is 5. The number of anilines is 1. The summed E-state index contributed by atoms with van der Waals surface area (Å²) in [6.45, 7) is 1.18. The van der Waals surface area contributed by atoms with Crippen LogP contribution < -0.4 is 14.4 Å². The standard InChI is InChI=1S/C22H26Cl3N3O5S/c1-5-18(22(30)26-2)27(12-14-6-8-16(24)17(25)10-14)21(29)13-28(34(4,31)32)19-11-15(23)7-9-20(19)33-3/h6-11,18H,5,12-13H2,1-4H3,(H,26,30)/t18-/m0/s1. The van der Waals surface area contributed by atoms with Gasteiger partial charge >= 0.3 is 0 Å². The van der Waals surface area contributed by atoms with Gasteiger partial charge in [0.1, 0.15) is 18.3 Å². The Kier molecular flexibility index (Phi) is 9.87. The van der Waals surface area contributed by atoms with Crippen molar-refractivity contribution in [2.45, 2.75) is 25.9 Å². The Balaban J connectivity index is 2.52. The maximum Gasteiger partial charge on any atom is 0.244 e. The van der Waals surface area contributed by atoms with Gasteiger partial charge in [0.15, 0.2) is 0 Å². The first-order chi connectivity index (χ1) is 15.9. The molecule has 0 aromatic heterocycles. The molecule has 0 fully saturated rings. The second-order valence-electron chi connectivity index (χ2n) is 7.39. The molecule has 1 atom stereocenters. The van der Waals surface area contributed by atoms with Gasteiger partial charge in [0.2, 0.25) is 21.8 Å². The Bertz CT molecular complexity index is 1160. The molecule has 2 rings (SSSR count). The molecule has 2 aromatic rings. The molecule has 0 spiro atoms. The summed E-state index contributed by atoms with van der Waals surface area (Å²) in [7, 11) is -1.09. The summed E-state index contributed by atoms with van der Waals surface area (Å²) in [5, 5.41) is 3.45. The average Bonchev–Trinajstić information content (AvgIpc) is 2.78. The summed E-state index contributed by atoms with van der Waals surface area (Å²) in [5.41, 5.74) is 0.727. The van der Waals surface area contributed by atoms with Gasteiger partial charge in [-0.3, -0.25) is 13.9 Å². The minimum absolute atomic E-state index is 0.00588. The fraction of sp³-hybridized carbons (Fsp3) is 0.364. The van der Waals surface area contributed by atoms with Crippen LogP contribution in [-0.2, 0) is 26.2 Å². The summed E-state index contributed by atoms with van der Waals surface area (Å²) in [6, 6.07) is 8.45. The van der Waals surface area contributed by atoms with Crippen LogP contribution in [-0.4, -0.2) is 58.1 Å². The molecule has 1 N–H and O–H groups in total. The number of halogens is 3. The molecule has 2 amide bonds. The van der Waals surface area contributed by atoms with Crippen molar-refractivity contribution in [3.63, 3.8) is 0 Å². The van der Waals surface area contributed by atoms with Gasteiger partial charge in [-0.1, -0.05) is 47.8 Å². The van der Waals surface area contributed by atoms with Crippen molar-refractivity contribution < 1.29 is 22.7 Å². The number of likely N-dealkylation sites (N-methyl/N-ethyl adjacent to an activating group) is 1. The molecule has 0 saturated carbocycles. The number of methoxy groups -OCH3 is 1. The summed E-state index contributed by atoms with van der Waals surface area (Å²) in [5.74, 6) is -0.770. The highest BCUT2D eigenvalue weighted by Crippen LogP contribution is 2.33. The number of carbonyl (C=O) groups is 2. The van der Waals surface area contributed by atoms with Gasteiger partial charge in [0, 0.05) is 18.6 Å². The first-order valence-electron chi connectivity index (χ1n) is 10.2. The Morgan fingerprint density at radius 3 is 2.29 bits per heavy atom. The quantitative estimate of drug-likeness (QED) is 0.483. The van der Waals surface area contributed by atoms with Crippen LogP contribution in [0.2, 0.25) is 15.1 Å². The maximum absolute atomic E-state index is 13.5. The number of sulfonamides is 1. The SMILES string of the molecule is CC[C@@H](C(=O)NC)N(Cc1ccc(Cl)c(Cl)c1)C(=O)CN(c1cc(Cl)ccc1OC)S(C)(=O)=O. The third-order valence-corrected chi connectivity index (χ3v) is 7.16. The van der Waals surface area contributed by atoms with Crippen molar-refractivity contribution in [2.75, 3.05) is 31.3 Å². The monoisotopic (exact) mass is 549 g/mol. The lowest BCUT2D eigenvalue weighted by Gasteiger charge is -2.33. The predicted molar refractivity (Wildman–Crippen MR) is 135 cm³/mol. The molecule has 0 unspecified atom stereocenters. The normalized spacial score (nSPS) is 12.1.